The molecule has 1 spiro atoms. The van der Waals surface area contributed by atoms with E-state index in [0.717, 1.165) is 40.8 Å². The molecule has 4 rings (SSSR count). The molecule has 7 nitrogen and oxygen atoms in total. The summed E-state index contributed by atoms with van der Waals surface area (Å²) in [6.45, 7) is 1.04. The van der Waals surface area contributed by atoms with Gasteiger partial charge in [0, 0.05) is 34.7 Å². The third kappa shape index (κ3) is 3.61. The third-order valence-electron chi connectivity index (χ3n) is 5.61. The fourth-order valence-electron chi connectivity index (χ4n) is 4.43. The van der Waals surface area contributed by atoms with Gasteiger partial charge in [-0.1, -0.05) is 27.7 Å². The predicted molar refractivity (Wildman–Crippen MR) is 110 cm³/mol. The van der Waals surface area contributed by atoms with Gasteiger partial charge in [0.1, 0.15) is 17.4 Å². The number of aliphatic imine (C=N–C) groups is 1. The van der Waals surface area contributed by atoms with Crippen LogP contribution in [0.15, 0.2) is 27.7 Å². The molecular weight excluding hydrogens is 446 g/mol. The lowest BCUT2D eigenvalue weighted by molar-refractivity contribution is -0.146. The van der Waals surface area contributed by atoms with Crippen molar-refractivity contribution in [3.63, 3.8) is 0 Å². The molecule has 1 aromatic rings. The lowest BCUT2D eigenvalue weighted by Gasteiger charge is -2.48. The molecule has 3 N–H and O–H groups in total. The number of thioether (sulfide) groups is 1. The van der Waals surface area contributed by atoms with E-state index in [-0.39, 0.29) is 30.6 Å². The summed E-state index contributed by atoms with van der Waals surface area (Å²) < 4.78 is 12.1. The van der Waals surface area contributed by atoms with Gasteiger partial charge in [0.25, 0.3) is 5.91 Å². The Morgan fingerprint density at radius 3 is 3.00 bits per heavy atom. The van der Waals surface area contributed by atoms with Crippen LogP contribution < -0.4 is 15.8 Å². The van der Waals surface area contributed by atoms with E-state index in [1.807, 2.05) is 12.1 Å². The van der Waals surface area contributed by atoms with Crippen LogP contribution in [0.5, 0.6) is 5.75 Å². The number of nitrogens with one attached hydrogen (secondary N) is 1. The number of amidine groups is 1. The minimum atomic E-state index is -0.464. The summed E-state index contributed by atoms with van der Waals surface area (Å²) >= 11 is 5.12. The molecule has 1 aliphatic carbocycles. The summed E-state index contributed by atoms with van der Waals surface area (Å²) in [6, 6.07) is 6.01. The Bertz CT molecular complexity index is 848. The zero-order valence-corrected chi connectivity index (χ0v) is 17.8. The van der Waals surface area contributed by atoms with Crippen LogP contribution in [-0.2, 0) is 19.9 Å². The monoisotopic (exact) mass is 467 g/mol. The van der Waals surface area contributed by atoms with Crippen molar-refractivity contribution < 1.29 is 19.1 Å². The Balaban J connectivity index is 1.59. The van der Waals surface area contributed by atoms with Gasteiger partial charge in [-0.05, 0) is 37.5 Å². The second-order valence-electron chi connectivity index (χ2n) is 7.42. The van der Waals surface area contributed by atoms with E-state index in [4.69, 9.17) is 20.2 Å². The van der Waals surface area contributed by atoms with Crippen LogP contribution in [0.2, 0.25) is 0 Å². The van der Waals surface area contributed by atoms with Crippen LogP contribution in [0.3, 0.4) is 0 Å². The molecule has 1 saturated carbocycles. The van der Waals surface area contributed by atoms with E-state index in [1.165, 1.54) is 6.92 Å². The summed E-state index contributed by atoms with van der Waals surface area (Å²) in [7, 11) is 0. The van der Waals surface area contributed by atoms with Crippen molar-refractivity contribution in [3.05, 3.63) is 28.2 Å². The largest absolute Gasteiger partial charge is 0.490 e. The van der Waals surface area contributed by atoms with Gasteiger partial charge in [0.15, 0.2) is 11.8 Å². The standard InChI is InChI=1S/C19H22BrN3O4S/c1-10(24)26-8-17(25)22-12-3-5-16-14(7-12)19(9-28-18(21)23-19)13-6-11(20)2-4-15(13)27-16/h2,4,6,12,14,16H,3,5,7-9H2,1H3,(H2,21,23)(H,22,25)/t12?,14-,16-,19?/m0/s1. The number of ether oxygens (including phenoxy) is 2. The number of halogens is 1. The summed E-state index contributed by atoms with van der Waals surface area (Å²) in [6.07, 6.45) is 2.40. The smallest absolute Gasteiger partial charge is 0.303 e. The Kier molecular flexibility index (Phi) is 5.30. The van der Waals surface area contributed by atoms with Crippen LogP contribution in [0, 0.1) is 5.92 Å². The second kappa shape index (κ2) is 7.59. The fraction of sp³-hybridized carbons (Fsp3) is 0.526. The van der Waals surface area contributed by atoms with Crippen molar-refractivity contribution in [1.29, 1.82) is 0 Å². The van der Waals surface area contributed by atoms with E-state index >= 15 is 0 Å². The molecule has 1 amide bonds. The van der Waals surface area contributed by atoms with Crippen LogP contribution in [0.1, 0.15) is 31.7 Å². The first-order valence-corrected chi connectivity index (χ1v) is 11.0. The number of carbonyl (C=O) groups is 2. The maximum Gasteiger partial charge on any atom is 0.303 e. The average Bonchev–Trinajstić information content (AvgIpc) is 3.04. The fourth-order valence-corrected chi connectivity index (χ4v) is 5.82. The highest BCUT2D eigenvalue weighted by atomic mass is 79.9. The van der Waals surface area contributed by atoms with E-state index in [9.17, 15) is 9.59 Å². The van der Waals surface area contributed by atoms with Crippen molar-refractivity contribution in [1.82, 2.24) is 5.32 Å². The number of hydrogen-bond donors (Lipinski definition) is 2. The number of amides is 1. The van der Waals surface area contributed by atoms with Crippen molar-refractivity contribution >= 4 is 44.7 Å². The lowest BCUT2D eigenvalue weighted by Crippen LogP contribution is -2.54. The number of hydrogen-bond acceptors (Lipinski definition) is 7. The number of nitrogens with two attached hydrogens (primary N) is 1. The Morgan fingerprint density at radius 2 is 2.29 bits per heavy atom. The normalized spacial score (nSPS) is 30.6. The molecular formula is C19H22BrN3O4S. The maximum absolute atomic E-state index is 12.1. The molecule has 2 heterocycles. The first-order chi connectivity index (χ1) is 13.4. The minimum absolute atomic E-state index is 0.0134. The summed E-state index contributed by atoms with van der Waals surface area (Å²) in [5.41, 5.74) is 6.68. The lowest BCUT2D eigenvalue weighted by atomic mass is 9.67. The molecule has 1 fully saturated rings. The van der Waals surface area contributed by atoms with Gasteiger partial charge in [-0.3, -0.25) is 9.59 Å². The van der Waals surface area contributed by atoms with Crippen molar-refractivity contribution in [2.75, 3.05) is 12.4 Å². The number of rotatable bonds is 3. The number of nitrogens with zero attached hydrogens (tertiary/aromatic N) is 1. The Morgan fingerprint density at radius 1 is 1.46 bits per heavy atom. The van der Waals surface area contributed by atoms with Gasteiger partial charge < -0.3 is 20.5 Å². The first-order valence-electron chi connectivity index (χ1n) is 9.25. The van der Waals surface area contributed by atoms with E-state index in [2.05, 4.69) is 27.3 Å². The number of fused-ring (bicyclic) bond motifs is 4. The van der Waals surface area contributed by atoms with E-state index in [0.29, 0.717) is 5.17 Å². The molecule has 2 aliphatic heterocycles. The summed E-state index contributed by atoms with van der Waals surface area (Å²) in [5, 5.41) is 3.58. The zero-order chi connectivity index (χ0) is 19.9. The highest BCUT2D eigenvalue weighted by molar-refractivity contribution is 9.10. The van der Waals surface area contributed by atoms with Gasteiger partial charge in [-0.25, -0.2) is 4.99 Å². The number of carbonyl (C=O) groups excluding carboxylic acids is 2. The minimum Gasteiger partial charge on any atom is -0.490 e. The predicted octanol–water partition coefficient (Wildman–Crippen LogP) is 2.31. The topological polar surface area (TPSA) is 103 Å². The van der Waals surface area contributed by atoms with E-state index < -0.39 is 11.5 Å². The van der Waals surface area contributed by atoms with Gasteiger partial charge >= 0.3 is 5.97 Å². The molecule has 9 heteroatoms. The van der Waals surface area contributed by atoms with Crippen molar-refractivity contribution in [2.45, 2.75) is 43.9 Å². The van der Waals surface area contributed by atoms with E-state index in [1.54, 1.807) is 11.8 Å². The van der Waals surface area contributed by atoms with Crippen molar-refractivity contribution in [2.24, 2.45) is 16.6 Å². The molecule has 0 bridgehead atoms. The highest BCUT2D eigenvalue weighted by Crippen LogP contribution is 2.54. The molecule has 0 radical (unpaired) electrons. The van der Waals surface area contributed by atoms with Crippen LogP contribution in [0.25, 0.3) is 0 Å². The summed E-state index contributed by atoms with van der Waals surface area (Å²) in [5.74, 6) is 0.988. The van der Waals surface area contributed by atoms with Gasteiger partial charge in [0.2, 0.25) is 0 Å². The molecule has 0 aromatic heterocycles. The molecule has 1 aromatic carbocycles. The van der Waals surface area contributed by atoms with Gasteiger partial charge in [0.05, 0.1) is 0 Å². The quantitative estimate of drug-likeness (QED) is 0.661. The average molecular weight is 468 g/mol. The van der Waals surface area contributed by atoms with Gasteiger partial charge in [-0.2, -0.15) is 0 Å². The van der Waals surface area contributed by atoms with Crippen molar-refractivity contribution in [3.8, 4) is 5.75 Å². The molecule has 0 saturated heterocycles. The molecule has 150 valence electrons. The number of esters is 1. The van der Waals surface area contributed by atoms with Crippen LogP contribution >= 0.6 is 27.7 Å². The first kappa shape index (κ1) is 19.6. The van der Waals surface area contributed by atoms with Gasteiger partial charge in [-0.15, -0.1) is 0 Å². The Hall–Kier alpha value is -1.74. The maximum atomic E-state index is 12.1. The van der Waals surface area contributed by atoms with Crippen LogP contribution in [0.4, 0.5) is 0 Å². The van der Waals surface area contributed by atoms with Crippen LogP contribution in [-0.4, -0.2) is 41.5 Å². The zero-order valence-electron chi connectivity index (χ0n) is 15.4. The SMILES string of the molecule is CC(=O)OCC(=O)NC1CC[C@@H]2Oc3ccc(Br)cc3C3(CSC(N)=N3)[C@H]2C1. The Labute approximate surface area is 175 Å². The molecule has 4 atom stereocenters. The molecule has 2 unspecified atom stereocenters. The molecule has 28 heavy (non-hydrogen) atoms. The highest BCUT2D eigenvalue weighted by Gasteiger charge is 2.54. The summed E-state index contributed by atoms with van der Waals surface area (Å²) in [4.78, 5) is 27.9. The second-order valence-corrected chi connectivity index (χ2v) is 9.34. The number of benzene rings is 1. The molecule has 3 aliphatic rings. The third-order valence-corrected chi connectivity index (χ3v) is 7.07.